The van der Waals surface area contributed by atoms with E-state index in [-0.39, 0.29) is 0 Å². The molecule has 1 aromatic heterocycles. The van der Waals surface area contributed by atoms with Gasteiger partial charge in [0.05, 0.1) is 6.61 Å². The van der Waals surface area contributed by atoms with Gasteiger partial charge in [0, 0.05) is 32.4 Å². The molecular weight excluding hydrogens is 300 g/mol. The second-order valence-electron chi connectivity index (χ2n) is 7.25. The monoisotopic (exact) mass is 330 g/mol. The smallest absolute Gasteiger partial charge is 0.213 e. The minimum Gasteiger partial charge on any atom is -0.477 e. The van der Waals surface area contributed by atoms with Crippen molar-refractivity contribution in [2.45, 2.75) is 52.0 Å². The summed E-state index contributed by atoms with van der Waals surface area (Å²) in [4.78, 5) is 8.70. The number of hydrogen-bond donors (Lipinski definition) is 2. The SMILES string of the molecule is CCC1(CNC(=NC)NCc2ccc(OCC3CC3)nc2)CCC1. The summed E-state index contributed by atoms with van der Waals surface area (Å²) < 4.78 is 5.67. The Morgan fingerprint density at radius 2 is 2.17 bits per heavy atom. The first-order valence-electron chi connectivity index (χ1n) is 9.25. The fourth-order valence-electron chi connectivity index (χ4n) is 3.10. The third-order valence-corrected chi connectivity index (χ3v) is 5.44. The van der Waals surface area contributed by atoms with Gasteiger partial charge in [0.15, 0.2) is 5.96 Å². The van der Waals surface area contributed by atoms with Crippen molar-refractivity contribution in [3.63, 3.8) is 0 Å². The van der Waals surface area contributed by atoms with Crippen LogP contribution in [0.2, 0.25) is 0 Å². The van der Waals surface area contributed by atoms with Crippen molar-refractivity contribution in [2.24, 2.45) is 16.3 Å². The van der Waals surface area contributed by atoms with Crippen molar-refractivity contribution >= 4 is 5.96 Å². The molecular formula is C19H30N4O. The molecule has 0 radical (unpaired) electrons. The van der Waals surface area contributed by atoms with Crippen LogP contribution in [0.1, 0.15) is 51.0 Å². The van der Waals surface area contributed by atoms with Crippen molar-refractivity contribution in [3.05, 3.63) is 23.9 Å². The van der Waals surface area contributed by atoms with Crippen LogP contribution in [0.3, 0.4) is 0 Å². The van der Waals surface area contributed by atoms with E-state index in [9.17, 15) is 0 Å². The first kappa shape index (κ1) is 17.1. The number of rotatable bonds is 8. The van der Waals surface area contributed by atoms with Crippen molar-refractivity contribution < 1.29 is 4.74 Å². The molecule has 5 nitrogen and oxygen atoms in total. The lowest BCUT2D eigenvalue weighted by Gasteiger charge is -2.41. The molecule has 2 aliphatic carbocycles. The molecule has 5 heteroatoms. The molecule has 132 valence electrons. The van der Waals surface area contributed by atoms with Crippen LogP contribution < -0.4 is 15.4 Å². The van der Waals surface area contributed by atoms with Gasteiger partial charge in [-0.05, 0) is 49.0 Å². The molecule has 0 unspecified atom stereocenters. The molecule has 2 N–H and O–H groups in total. The Morgan fingerprint density at radius 1 is 1.33 bits per heavy atom. The Morgan fingerprint density at radius 3 is 2.71 bits per heavy atom. The number of nitrogens with zero attached hydrogens (tertiary/aromatic N) is 2. The molecule has 2 fully saturated rings. The van der Waals surface area contributed by atoms with E-state index in [4.69, 9.17) is 4.74 Å². The van der Waals surface area contributed by atoms with E-state index in [0.29, 0.717) is 12.0 Å². The standard InChI is InChI=1S/C19H30N4O/c1-3-19(9-4-10-19)14-23-18(20-2)22-12-16-7-8-17(21-11-16)24-13-15-5-6-15/h7-8,11,15H,3-6,9-10,12-14H2,1-2H3,(H2,20,22,23). The minimum absolute atomic E-state index is 0.486. The topological polar surface area (TPSA) is 58.5 Å². The largest absolute Gasteiger partial charge is 0.477 e. The van der Waals surface area contributed by atoms with Crippen LogP contribution in [0, 0.1) is 11.3 Å². The molecule has 0 atom stereocenters. The third kappa shape index (κ3) is 4.62. The van der Waals surface area contributed by atoms with E-state index in [1.807, 2.05) is 19.3 Å². The molecule has 3 rings (SSSR count). The number of pyridine rings is 1. The van der Waals surface area contributed by atoms with Gasteiger partial charge in [-0.1, -0.05) is 19.4 Å². The van der Waals surface area contributed by atoms with Crippen LogP contribution >= 0.6 is 0 Å². The molecule has 0 bridgehead atoms. The van der Waals surface area contributed by atoms with Crippen molar-refractivity contribution in [1.82, 2.24) is 15.6 Å². The maximum atomic E-state index is 5.67. The number of guanidine groups is 1. The predicted molar refractivity (Wildman–Crippen MR) is 97.2 cm³/mol. The zero-order valence-electron chi connectivity index (χ0n) is 15.0. The maximum Gasteiger partial charge on any atom is 0.213 e. The Hall–Kier alpha value is -1.78. The van der Waals surface area contributed by atoms with Crippen LogP contribution in [0.5, 0.6) is 5.88 Å². The highest BCUT2D eigenvalue weighted by atomic mass is 16.5. The summed E-state index contributed by atoms with van der Waals surface area (Å²) in [6.07, 6.45) is 9.74. The molecule has 1 heterocycles. The van der Waals surface area contributed by atoms with Crippen molar-refractivity contribution in [3.8, 4) is 5.88 Å². The van der Waals surface area contributed by atoms with Gasteiger partial charge in [0.1, 0.15) is 0 Å². The highest BCUT2D eigenvalue weighted by Gasteiger charge is 2.34. The van der Waals surface area contributed by atoms with Crippen LogP contribution in [-0.2, 0) is 6.54 Å². The Labute approximate surface area is 145 Å². The van der Waals surface area contributed by atoms with Gasteiger partial charge in [-0.2, -0.15) is 0 Å². The van der Waals surface area contributed by atoms with E-state index in [2.05, 4.69) is 33.6 Å². The summed E-state index contributed by atoms with van der Waals surface area (Å²) >= 11 is 0. The number of hydrogen-bond acceptors (Lipinski definition) is 3. The number of aromatic nitrogens is 1. The summed E-state index contributed by atoms with van der Waals surface area (Å²) in [5.74, 6) is 2.34. The molecule has 0 saturated heterocycles. The molecule has 0 spiro atoms. The Balaban J connectivity index is 1.41. The van der Waals surface area contributed by atoms with Crippen LogP contribution in [0.25, 0.3) is 0 Å². The van der Waals surface area contributed by atoms with Crippen molar-refractivity contribution in [2.75, 3.05) is 20.2 Å². The summed E-state index contributed by atoms with van der Waals surface area (Å²) in [7, 11) is 1.82. The van der Waals surface area contributed by atoms with Gasteiger partial charge >= 0.3 is 0 Å². The highest BCUT2D eigenvalue weighted by molar-refractivity contribution is 5.79. The van der Waals surface area contributed by atoms with Crippen LogP contribution in [0.15, 0.2) is 23.3 Å². The van der Waals surface area contributed by atoms with E-state index in [0.717, 1.165) is 36.5 Å². The Bertz CT molecular complexity index is 541. The van der Waals surface area contributed by atoms with Crippen LogP contribution in [0.4, 0.5) is 0 Å². The average molecular weight is 330 g/mol. The Kier molecular flexibility index (Phi) is 5.59. The second kappa shape index (κ2) is 7.86. The summed E-state index contributed by atoms with van der Waals surface area (Å²) in [5.41, 5.74) is 1.62. The number of nitrogens with one attached hydrogen (secondary N) is 2. The lowest BCUT2D eigenvalue weighted by molar-refractivity contribution is 0.131. The maximum absolute atomic E-state index is 5.67. The number of ether oxygens (including phenoxy) is 1. The van der Waals surface area contributed by atoms with E-state index in [1.54, 1.807) is 0 Å². The highest BCUT2D eigenvalue weighted by Crippen LogP contribution is 2.42. The van der Waals surface area contributed by atoms with Gasteiger partial charge in [0.25, 0.3) is 0 Å². The minimum atomic E-state index is 0.486. The van der Waals surface area contributed by atoms with Gasteiger partial charge in [-0.3, -0.25) is 4.99 Å². The predicted octanol–water partition coefficient (Wildman–Crippen LogP) is 3.12. The molecule has 0 amide bonds. The third-order valence-electron chi connectivity index (χ3n) is 5.44. The molecule has 0 aliphatic heterocycles. The van der Waals surface area contributed by atoms with E-state index in [1.165, 1.54) is 38.5 Å². The second-order valence-corrected chi connectivity index (χ2v) is 7.25. The molecule has 1 aromatic rings. The lowest BCUT2D eigenvalue weighted by Crippen LogP contribution is -2.46. The van der Waals surface area contributed by atoms with Crippen LogP contribution in [-0.4, -0.2) is 31.1 Å². The van der Waals surface area contributed by atoms with Gasteiger partial charge in [-0.25, -0.2) is 4.98 Å². The molecule has 24 heavy (non-hydrogen) atoms. The van der Waals surface area contributed by atoms with E-state index < -0.39 is 0 Å². The molecule has 2 aliphatic rings. The fraction of sp³-hybridized carbons (Fsp3) is 0.684. The zero-order chi connectivity index (χ0) is 16.8. The van der Waals surface area contributed by atoms with E-state index >= 15 is 0 Å². The average Bonchev–Trinajstić information content (AvgIpc) is 3.40. The van der Waals surface area contributed by atoms with Gasteiger partial charge < -0.3 is 15.4 Å². The van der Waals surface area contributed by atoms with Gasteiger partial charge in [0.2, 0.25) is 5.88 Å². The fourth-order valence-corrected chi connectivity index (χ4v) is 3.10. The summed E-state index contributed by atoms with van der Waals surface area (Å²) in [6, 6.07) is 4.02. The van der Waals surface area contributed by atoms with Crippen molar-refractivity contribution in [1.29, 1.82) is 0 Å². The lowest BCUT2D eigenvalue weighted by atomic mass is 9.67. The summed E-state index contributed by atoms with van der Waals surface area (Å²) in [6.45, 7) is 4.82. The first-order chi connectivity index (χ1) is 11.7. The zero-order valence-corrected chi connectivity index (χ0v) is 15.0. The quantitative estimate of drug-likeness (QED) is 0.568. The summed E-state index contributed by atoms with van der Waals surface area (Å²) in [5, 5.41) is 6.85. The van der Waals surface area contributed by atoms with Gasteiger partial charge in [-0.15, -0.1) is 0 Å². The first-order valence-corrected chi connectivity index (χ1v) is 9.25. The molecule has 0 aromatic carbocycles. The number of aliphatic imine (C=N–C) groups is 1. The normalized spacial score (nSPS) is 19.5. The molecule has 2 saturated carbocycles.